The Bertz CT molecular complexity index is 886. The van der Waals surface area contributed by atoms with E-state index in [1.54, 1.807) is 41.0 Å². The maximum absolute atomic E-state index is 12.0. The zero-order valence-corrected chi connectivity index (χ0v) is 16.0. The Hall–Kier alpha value is -2.15. The molecule has 0 aliphatic rings. The van der Waals surface area contributed by atoms with E-state index in [0.29, 0.717) is 28.2 Å². The number of anilines is 1. The first-order valence-corrected chi connectivity index (χ1v) is 9.53. The van der Waals surface area contributed by atoms with E-state index < -0.39 is 0 Å². The van der Waals surface area contributed by atoms with Crippen LogP contribution in [0.5, 0.6) is 0 Å². The van der Waals surface area contributed by atoms with Gasteiger partial charge >= 0.3 is 6.03 Å². The summed E-state index contributed by atoms with van der Waals surface area (Å²) in [6.07, 6.45) is 3.40. The molecule has 0 aliphatic carbocycles. The second kappa shape index (κ2) is 8.98. The minimum Gasteiger partial charge on any atom is -0.334 e. The molecule has 1 aromatic heterocycles. The normalized spacial score (nSPS) is 10.5. The second-order valence-corrected chi connectivity index (χ2v) is 7.24. The number of aromatic nitrogens is 2. The minimum absolute atomic E-state index is 0.314. The summed E-state index contributed by atoms with van der Waals surface area (Å²) in [5.74, 6) is 0.663. The summed E-state index contributed by atoms with van der Waals surface area (Å²) in [7, 11) is 0. The third-order valence-corrected chi connectivity index (χ3v) is 5.17. The number of hydrogen-bond donors (Lipinski definition) is 2. The number of urea groups is 1. The fourth-order valence-electron chi connectivity index (χ4n) is 2.16. The van der Waals surface area contributed by atoms with Gasteiger partial charge in [-0.15, -0.1) is 11.8 Å². The van der Waals surface area contributed by atoms with Crippen molar-refractivity contribution in [3.8, 4) is 0 Å². The Kier molecular flexibility index (Phi) is 6.44. The number of carbonyl (C=O) groups is 1. The number of amides is 2. The molecule has 3 rings (SSSR count). The highest BCUT2D eigenvalue weighted by atomic mass is 35.5. The molecule has 1 heterocycles. The van der Waals surface area contributed by atoms with Crippen molar-refractivity contribution >= 4 is 46.7 Å². The van der Waals surface area contributed by atoms with Gasteiger partial charge in [-0.1, -0.05) is 47.5 Å². The van der Waals surface area contributed by atoms with Crippen molar-refractivity contribution in [3.05, 3.63) is 76.5 Å². The van der Waals surface area contributed by atoms with Gasteiger partial charge in [0.2, 0.25) is 0 Å². The largest absolute Gasteiger partial charge is 0.334 e. The topological polar surface area (TPSA) is 59.0 Å². The van der Waals surface area contributed by atoms with Crippen molar-refractivity contribution in [2.45, 2.75) is 17.3 Å². The van der Waals surface area contributed by atoms with Gasteiger partial charge in [0.05, 0.1) is 27.8 Å². The van der Waals surface area contributed by atoms with E-state index in [0.717, 1.165) is 10.5 Å². The van der Waals surface area contributed by atoms with Gasteiger partial charge in [0.1, 0.15) is 0 Å². The predicted molar refractivity (Wildman–Crippen MR) is 107 cm³/mol. The van der Waals surface area contributed by atoms with Crippen molar-refractivity contribution in [2.75, 3.05) is 5.32 Å². The monoisotopic (exact) mass is 406 g/mol. The maximum Gasteiger partial charge on any atom is 0.319 e. The lowest BCUT2D eigenvalue weighted by Crippen LogP contribution is -2.28. The average Bonchev–Trinajstić information content (AvgIpc) is 3.09. The Labute approximate surface area is 165 Å². The fourth-order valence-corrected chi connectivity index (χ4v) is 3.26. The van der Waals surface area contributed by atoms with Crippen molar-refractivity contribution in [1.82, 2.24) is 15.1 Å². The van der Waals surface area contributed by atoms with Crippen LogP contribution in [0.4, 0.5) is 10.5 Å². The molecule has 0 spiro atoms. The molecule has 0 aliphatic heterocycles. The smallest absolute Gasteiger partial charge is 0.319 e. The number of thioether (sulfide) groups is 1. The van der Waals surface area contributed by atoms with Crippen LogP contribution in [0, 0.1) is 0 Å². The molecule has 3 aromatic rings. The molecule has 134 valence electrons. The summed E-state index contributed by atoms with van der Waals surface area (Å²) in [6, 6.07) is 15.0. The minimum atomic E-state index is -0.314. The van der Waals surface area contributed by atoms with Crippen LogP contribution in [-0.2, 0) is 12.4 Å². The molecular weight excluding hydrogens is 391 g/mol. The van der Waals surface area contributed by atoms with Crippen molar-refractivity contribution in [1.29, 1.82) is 0 Å². The molecule has 0 atom stereocenters. The highest BCUT2D eigenvalue weighted by molar-refractivity contribution is 7.98. The van der Waals surface area contributed by atoms with E-state index in [2.05, 4.69) is 15.7 Å². The molecule has 8 heteroatoms. The lowest BCUT2D eigenvalue weighted by molar-refractivity contribution is 0.251. The molecule has 2 amide bonds. The Morgan fingerprint density at radius 2 is 1.92 bits per heavy atom. The first kappa shape index (κ1) is 18.6. The van der Waals surface area contributed by atoms with E-state index in [4.69, 9.17) is 23.2 Å². The van der Waals surface area contributed by atoms with E-state index in [1.165, 1.54) is 0 Å². The first-order chi connectivity index (χ1) is 12.6. The van der Waals surface area contributed by atoms with Crippen LogP contribution in [0.1, 0.15) is 5.56 Å². The lowest BCUT2D eigenvalue weighted by atomic mass is 10.2. The van der Waals surface area contributed by atoms with E-state index in [-0.39, 0.29) is 6.03 Å². The molecule has 0 saturated carbocycles. The molecule has 2 N–H and O–H groups in total. The molecule has 0 bridgehead atoms. The Balaban J connectivity index is 1.47. The molecule has 0 saturated heterocycles. The van der Waals surface area contributed by atoms with Gasteiger partial charge in [-0.2, -0.15) is 5.10 Å². The first-order valence-electron chi connectivity index (χ1n) is 7.79. The molecule has 0 fully saturated rings. The van der Waals surface area contributed by atoms with Gasteiger partial charge in [0.15, 0.2) is 0 Å². The second-order valence-electron chi connectivity index (χ2n) is 5.41. The lowest BCUT2D eigenvalue weighted by Gasteiger charge is -2.07. The molecule has 5 nitrogen and oxygen atoms in total. The standard InChI is InChI=1S/C18H16Cl2N4OS/c19-16-7-6-13(8-17(16)20)9-21-18(25)23-14-10-22-24(11-14)12-26-15-4-2-1-3-5-15/h1-8,10-11H,9,12H2,(H2,21,23,25). The van der Waals surface area contributed by atoms with Crippen LogP contribution < -0.4 is 10.6 Å². The van der Waals surface area contributed by atoms with E-state index in [9.17, 15) is 4.79 Å². The number of hydrogen-bond acceptors (Lipinski definition) is 3. The highest BCUT2D eigenvalue weighted by Crippen LogP contribution is 2.22. The SMILES string of the molecule is O=C(NCc1ccc(Cl)c(Cl)c1)Nc1cnn(CSc2ccccc2)c1. The zero-order chi connectivity index (χ0) is 18.4. The van der Waals surface area contributed by atoms with Gasteiger partial charge in [0.25, 0.3) is 0 Å². The number of benzene rings is 2. The quantitative estimate of drug-likeness (QED) is 0.548. The van der Waals surface area contributed by atoms with Gasteiger partial charge < -0.3 is 10.6 Å². The van der Waals surface area contributed by atoms with Crippen molar-refractivity contribution < 1.29 is 4.79 Å². The summed E-state index contributed by atoms with van der Waals surface area (Å²) in [4.78, 5) is 13.2. The van der Waals surface area contributed by atoms with Gasteiger partial charge in [-0.25, -0.2) is 4.79 Å². The summed E-state index contributed by atoms with van der Waals surface area (Å²) < 4.78 is 1.77. The van der Waals surface area contributed by atoms with Crippen LogP contribution >= 0.6 is 35.0 Å². The number of carbonyl (C=O) groups excluding carboxylic acids is 1. The third kappa shape index (κ3) is 5.42. The highest BCUT2D eigenvalue weighted by Gasteiger charge is 2.06. The predicted octanol–water partition coefficient (Wildman–Crippen LogP) is 5.26. The van der Waals surface area contributed by atoms with E-state index in [1.807, 2.05) is 36.4 Å². The summed E-state index contributed by atoms with van der Waals surface area (Å²) >= 11 is 13.5. The summed E-state index contributed by atoms with van der Waals surface area (Å²) in [6.45, 7) is 0.348. The average molecular weight is 407 g/mol. The van der Waals surface area contributed by atoms with Gasteiger partial charge in [-0.3, -0.25) is 4.68 Å². The number of nitrogens with zero attached hydrogens (tertiary/aromatic N) is 2. The van der Waals surface area contributed by atoms with Crippen LogP contribution in [0.3, 0.4) is 0 Å². The van der Waals surface area contributed by atoms with Crippen LogP contribution in [0.15, 0.2) is 65.8 Å². The molecule has 0 unspecified atom stereocenters. The van der Waals surface area contributed by atoms with Crippen molar-refractivity contribution in [3.63, 3.8) is 0 Å². The Morgan fingerprint density at radius 3 is 2.69 bits per heavy atom. The maximum atomic E-state index is 12.0. The van der Waals surface area contributed by atoms with Gasteiger partial charge in [0, 0.05) is 17.6 Å². The Morgan fingerprint density at radius 1 is 1.12 bits per heavy atom. The number of halogens is 2. The number of nitrogens with one attached hydrogen (secondary N) is 2. The molecule has 26 heavy (non-hydrogen) atoms. The summed E-state index contributed by atoms with van der Waals surface area (Å²) in [5.41, 5.74) is 1.50. The van der Waals surface area contributed by atoms with Crippen LogP contribution in [-0.4, -0.2) is 15.8 Å². The molecular formula is C18H16Cl2N4OS. The summed E-state index contributed by atoms with van der Waals surface area (Å²) in [5, 5.41) is 10.7. The van der Waals surface area contributed by atoms with Crippen LogP contribution in [0.2, 0.25) is 10.0 Å². The number of rotatable bonds is 6. The van der Waals surface area contributed by atoms with Gasteiger partial charge in [-0.05, 0) is 29.8 Å². The van der Waals surface area contributed by atoms with Crippen molar-refractivity contribution in [2.24, 2.45) is 0 Å². The molecule has 0 radical (unpaired) electrons. The fraction of sp³-hybridized carbons (Fsp3) is 0.111. The van der Waals surface area contributed by atoms with Crippen LogP contribution in [0.25, 0.3) is 0 Å². The third-order valence-electron chi connectivity index (χ3n) is 3.43. The molecule has 2 aromatic carbocycles. The van der Waals surface area contributed by atoms with E-state index >= 15 is 0 Å². The zero-order valence-electron chi connectivity index (χ0n) is 13.7.